The van der Waals surface area contributed by atoms with Crippen LogP contribution in [0.5, 0.6) is 0 Å². The van der Waals surface area contributed by atoms with Crippen LogP contribution in [0, 0.1) is 0 Å². The van der Waals surface area contributed by atoms with Crippen LogP contribution in [-0.4, -0.2) is 5.97 Å². The van der Waals surface area contributed by atoms with Crippen molar-refractivity contribution < 1.29 is 9.53 Å². The Morgan fingerprint density at radius 2 is 2.55 bits per heavy atom. The normalized spacial score (nSPS) is 21.5. The summed E-state index contributed by atoms with van der Waals surface area (Å²) in [6.45, 7) is 2.02. The maximum Gasteiger partial charge on any atom is 0.340 e. The van der Waals surface area contributed by atoms with E-state index >= 15 is 0 Å². The summed E-state index contributed by atoms with van der Waals surface area (Å²) in [5, 5.41) is 1.94. The maximum atomic E-state index is 11.1. The molecule has 1 atom stereocenters. The molecule has 1 aliphatic rings. The highest BCUT2D eigenvalue weighted by molar-refractivity contribution is 7.10. The van der Waals surface area contributed by atoms with Gasteiger partial charge in [0.1, 0.15) is 6.10 Å². The number of esters is 1. The van der Waals surface area contributed by atoms with Crippen LogP contribution in [0.25, 0.3) is 0 Å². The van der Waals surface area contributed by atoms with Crippen LogP contribution in [0.2, 0.25) is 0 Å². The van der Waals surface area contributed by atoms with Gasteiger partial charge in [-0.25, -0.2) is 4.79 Å². The van der Waals surface area contributed by atoms with Gasteiger partial charge in [-0.3, -0.25) is 0 Å². The van der Waals surface area contributed by atoms with Crippen LogP contribution in [-0.2, 0) is 4.74 Å². The van der Waals surface area contributed by atoms with E-state index in [4.69, 9.17) is 4.74 Å². The molecule has 2 rings (SSSR count). The molecule has 1 aromatic rings. The molecule has 0 aromatic carbocycles. The topological polar surface area (TPSA) is 26.3 Å². The molecule has 0 fully saturated rings. The molecule has 0 amide bonds. The van der Waals surface area contributed by atoms with E-state index in [0.29, 0.717) is 0 Å². The fourth-order valence-corrected chi connectivity index (χ4v) is 2.25. The molecule has 2 heterocycles. The molecule has 11 heavy (non-hydrogen) atoms. The average molecular weight is 168 g/mol. The molecular weight excluding hydrogens is 160 g/mol. The van der Waals surface area contributed by atoms with Crippen molar-refractivity contribution in [2.75, 3.05) is 0 Å². The summed E-state index contributed by atoms with van der Waals surface area (Å²) >= 11 is 1.60. The first-order chi connectivity index (χ1) is 5.33. The molecule has 0 spiro atoms. The summed E-state index contributed by atoms with van der Waals surface area (Å²) in [5.41, 5.74) is 0.766. The Labute approximate surface area is 68.8 Å². The van der Waals surface area contributed by atoms with Crippen molar-refractivity contribution in [3.05, 3.63) is 21.9 Å². The van der Waals surface area contributed by atoms with Crippen LogP contribution in [0.4, 0.5) is 0 Å². The molecule has 0 N–H and O–H groups in total. The van der Waals surface area contributed by atoms with Gasteiger partial charge >= 0.3 is 5.97 Å². The third-order valence-electron chi connectivity index (χ3n) is 1.83. The Bertz CT molecular complexity index is 290. The van der Waals surface area contributed by atoms with E-state index in [1.165, 1.54) is 0 Å². The quantitative estimate of drug-likeness (QED) is 0.602. The first-order valence-electron chi connectivity index (χ1n) is 3.61. The summed E-state index contributed by atoms with van der Waals surface area (Å²) < 4.78 is 5.09. The van der Waals surface area contributed by atoms with Gasteiger partial charge in [0.2, 0.25) is 0 Å². The standard InChI is InChI=1S/C8H8O2S/c1-2-6-7-5(3-4-11-7)8(9)10-6/h3-4,6H,2H2,1H3. The van der Waals surface area contributed by atoms with Crippen molar-refractivity contribution in [2.45, 2.75) is 19.4 Å². The minimum Gasteiger partial charge on any atom is -0.453 e. The molecule has 2 nitrogen and oxygen atoms in total. The fraction of sp³-hybridized carbons (Fsp3) is 0.375. The third-order valence-corrected chi connectivity index (χ3v) is 2.84. The summed E-state index contributed by atoms with van der Waals surface area (Å²) in [5.74, 6) is -0.159. The second kappa shape index (κ2) is 2.34. The number of hydrogen-bond acceptors (Lipinski definition) is 3. The molecule has 1 aromatic heterocycles. The van der Waals surface area contributed by atoms with E-state index in [9.17, 15) is 4.79 Å². The number of carbonyl (C=O) groups excluding carboxylic acids is 1. The number of hydrogen-bond donors (Lipinski definition) is 0. The Morgan fingerprint density at radius 1 is 1.73 bits per heavy atom. The van der Waals surface area contributed by atoms with E-state index in [1.807, 2.05) is 18.4 Å². The third kappa shape index (κ3) is 0.878. The number of ether oxygens (including phenoxy) is 1. The molecule has 0 bridgehead atoms. The highest BCUT2D eigenvalue weighted by atomic mass is 32.1. The summed E-state index contributed by atoms with van der Waals surface area (Å²) in [7, 11) is 0. The lowest BCUT2D eigenvalue weighted by Crippen LogP contribution is -1.96. The van der Waals surface area contributed by atoms with Crippen LogP contribution >= 0.6 is 11.3 Å². The SMILES string of the molecule is CCC1OC(=O)c2ccsc21. The monoisotopic (exact) mass is 168 g/mol. The largest absolute Gasteiger partial charge is 0.453 e. The zero-order valence-electron chi connectivity index (χ0n) is 6.16. The van der Waals surface area contributed by atoms with Crippen molar-refractivity contribution in [1.82, 2.24) is 0 Å². The van der Waals surface area contributed by atoms with Gasteiger partial charge in [0, 0.05) is 0 Å². The molecular formula is C8H8O2S. The van der Waals surface area contributed by atoms with E-state index in [0.717, 1.165) is 16.9 Å². The minimum absolute atomic E-state index is 0.0255. The lowest BCUT2D eigenvalue weighted by Gasteiger charge is -2.03. The van der Waals surface area contributed by atoms with Gasteiger partial charge in [-0.05, 0) is 17.9 Å². The van der Waals surface area contributed by atoms with Crippen molar-refractivity contribution in [3.63, 3.8) is 0 Å². The molecule has 1 aliphatic heterocycles. The van der Waals surface area contributed by atoms with Gasteiger partial charge in [0.15, 0.2) is 0 Å². The fourth-order valence-electron chi connectivity index (χ4n) is 1.25. The maximum absolute atomic E-state index is 11.1. The van der Waals surface area contributed by atoms with Gasteiger partial charge in [-0.1, -0.05) is 6.92 Å². The smallest absolute Gasteiger partial charge is 0.340 e. The molecule has 0 aliphatic carbocycles. The van der Waals surface area contributed by atoms with E-state index in [-0.39, 0.29) is 12.1 Å². The average Bonchev–Trinajstić information content (AvgIpc) is 2.54. The number of thiophene rings is 1. The van der Waals surface area contributed by atoms with E-state index in [1.54, 1.807) is 11.3 Å². The molecule has 0 saturated heterocycles. The second-order valence-corrected chi connectivity index (χ2v) is 3.45. The Balaban J connectivity index is 2.45. The van der Waals surface area contributed by atoms with Crippen molar-refractivity contribution in [2.24, 2.45) is 0 Å². The van der Waals surface area contributed by atoms with Gasteiger partial charge < -0.3 is 4.74 Å². The van der Waals surface area contributed by atoms with E-state index < -0.39 is 0 Å². The highest BCUT2D eigenvalue weighted by Crippen LogP contribution is 2.36. The number of cyclic esters (lactones) is 1. The van der Waals surface area contributed by atoms with Crippen molar-refractivity contribution in [1.29, 1.82) is 0 Å². The lowest BCUT2D eigenvalue weighted by molar-refractivity contribution is 0.0382. The van der Waals surface area contributed by atoms with Crippen molar-refractivity contribution >= 4 is 17.3 Å². The lowest BCUT2D eigenvalue weighted by atomic mass is 10.2. The first kappa shape index (κ1) is 6.85. The van der Waals surface area contributed by atoms with Crippen LogP contribution in [0.15, 0.2) is 11.4 Å². The van der Waals surface area contributed by atoms with Crippen LogP contribution < -0.4 is 0 Å². The minimum atomic E-state index is -0.159. The first-order valence-corrected chi connectivity index (χ1v) is 4.49. The zero-order chi connectivity index (χ0) is 7.84. The summed E-state index contributed by atoms with van der Waals surface area (Å²) in [6.07, 6.45) is 0.900. The van der Waals surface area contributed by atoms with Gasteiger partial charge in [-0.15, -0.1) is 11.3 Å². The van der Waals surface area contributed by atoms with Gasteiger partial charge in [0.05, 0.1) is 10.4 Å². The Kier molecular flexibility index (Phi) is 1.46. The molecule has 1 unspecified atom stereocenters. The predicted octanol–water partition coefficient (Wildman–Crippen LogP) is 2.37. The molecule has 0 saturated carbocycles. The number of rotatable bonds is 1. The van der Waals surface area contributed by atoms with E-state index in [2.05, 4.69) is 0 Å². The number of fused-ring (bicyclic) bond motifs is 1. The Morgan fingerprint density at radius 3 is 3.27 bits per heavy atom. The van der Waals surface area contributed by atoms with Crippen LogP contribution in [0.3, 0.4) is 0 Å². The number of carbonyl (C=O) groups is 1. The molecule has 0 radical (unpaired) electrons. The zero-order valence-corrected chi connectivity index (χ0v) is 6.98. The van der Waals surface area contributed by atoms with Gasteiger partial charge in [-0.2, -0.15) is 0 Å². The van der Waals surface area contributed by atoms with Gasteiger partial charge in [0.25, 0.3) is 0 Å². The van der Waals surface area contributed by atoms with Crippen molar-refractivity contribution in [3.8, 4) is 0 Å². The molecule has 58 valence electrons. The molecule has 3 heteroatoms. The predicted molar refractivity (Wildman–Crippen MR) is 42.8 cm³/mol. The van der Waals surface area contributed by atoms with Crippen LogP contribution in [0.1, 0.15) is 34.7 Å². The summed E-state index contributed by atoms with van der Waals surface area (Å²) in [6, 6.07) is 1.83. The highest BCUT2D eigenvalue weighted by Gasteiger charge is 2.30. The second-order valence-electron chi connectivity index (χ2n) is 2.50. The summed E-state index contributed by atoms with van der Waals surface area (Å²) in [4.78, 5) is 12.2. The Hall–Kier alpha value is -0.830.